The maximum Gasteiger partial charge on any atom is 0.207 e. The molecule has 0 radical (unpaired) electrons. The lowest BCUT2D eigenvalue weighted by molar-refractivity contribution is -0.158. The van der Waals surface area contributed by atoms with E-state index in [9.17, 15) is 0 Å². The maximum atomic E-state index is 5.79. The van der Waals surface area contributed by atoms with Crippen molar-refractivity contribution in [1.82, 2.24) is 5.06 Å². The Balaban J connectivity index is 2.17. The van der Waals surface area contributed by atoms with Gasteiger partial charge < -0.3 is 15.3 Å². The fourth-order valence-electron chi connectivity index (χ4n) is 2.07. The van der Waals surface area contributed by atoms with Crippen LogP contribution in [0.4, 0.5) is 0 Å². The Labute approximate surface area is 112 Å². The number of ether oxygens (including phenoxy) is 1. The van der Waals surface area contributed by atoms with E-state index in [2.05, 4.69) is 26.0 Å². The minimum absolute atomic E-state index is 0.0976. The Morgan fingerprint density at radius 2 is 2.33 bits per heavy atom. The molecule has 0 bridgehead atoms. The van der Waals surface area contributed by atoms with Gasteiger partial charge in [0.15, 0.2) is 0 Å². The normalized spacial score (nSPS) is 21.7. The summed E-state index contributed by atoms with van der Waals surface area (Å²) in [6.45, 7) is 4.84. The van der Waals surface area contributed by atoms with Gasteiger partial charge in [-0.15, -0.1) is 16.4 Å². The number of hydroxylamine groups is 2. The first kappa shape index (κ1) is 13.4. The highest BCUT2D eigenvalue weighted by atomic mass is 32.1. The Bertz CT molecular complexity index is 430. The number of methoxy groups -OCH3 is 1. The van der Waals surface area contributed by atoms with Gasteiger partial charge in [0.25, 0.3) is 0 Å². The van der Waals surface area contributed by atoms with Gasteiger partial charge in [-0.3, -0.25) is 0 Å². The van der Waals surface area contributed by atoms with Crippen LogP contribution < -0.4 is 5.73 Å². The molecule has 1 aromatic rings. The second-order valence-corrected chi connectivity index (χ2v) is 5.63. The summed E-state index contributed by atoms with van der Waals surface area (Å²) in [5.74, 6) is 0.467. The topological polar surface area (TPSA) is 47.7 Å². The van der Waals surface area contributed by atoms with Gasteiger partial charge in [0.2, 0.25) is 5.88 Å². The Morgan fingerprint density at radius 1 is 1.56 bits per heavy atom. The van der Waals surface area contributed by atoms with Gasteiger partial charge in [0.1, 0.15) is 6.04 Å². The van der Waals surface area contributed by atoms with Crippen LogP contribution in [0.1, 0.15) is 29.6 Å². The number of hydrogen-bond donors (Lipinski definition) is 1. The van der Waals surface area contributed by atoms with Crippen LogP contribution >= 0.6 is 11.3 Å². The zero-order valence-electron chi connectivity index (χ0n) is 11.1. The SMILES string of the molecule is CCc1ccc(C2C=C(N)ON2C(C)COC)s1. The largest absolute Gasteiger partial charge is 0.387 e. The molecule has 2 heterocycles. The second kappa shape index (κ2) is 5.73. The molecule has 100 valence electrons. The third-order valence-corrected chi connectivity index (χ3v) is 4.27. The number of nitrogens with zero attached hydrogens (tertiary/aromatic N) is 1. The molecule has 0 aliphatic carbocycles. The summed E-state index contributed by atoms with van der Waals surface area (Å²) in [4.78, 5) is 8.22. The monoisotopic (exact) mass is 268 g/mol. The van der Waals surface area contributed by atoms with Crippen molar-refractivity contribution in [3.8, 4) is 0 Å². The van der Waals surface area contributed by atoms with Crippen LogP contribution in [0, 0.1) is 0 Å². The summed E-state index contributed by atoms with van der Waals surface area (Å²) < 4.78 is 5.18. The molecule has 1 aliphatic rings. The van der Waals surface area contributed by atoms with Gasteiger partial charge in [-0.2, -0.15) is 0 Å². The molecule has 18 heavy (non-hydrogen) atoms. The minimum atomic E-state index is 0.0976. The van der Waals surface area contributed by atoms with E-state index < -0.39 is 0 Å². The number of rotatable bonds is 5. The number of aryl methyl sites for hydroxylation is 1. The van der Waals surface area contributed by atoms with Crippen LogP contribution in [0.15, 0.2) is 24.1 Å². The molecule has 0 spiro atoms. The van der Waals surface area contributed by atoms with Crippen LogP contribution in [0.25, 0.3) is 0 Å². The van der Waals surface area contributed by atoms with E-state index in [0.29, 0.717) is 12.5 Å². The molecule has 2 atom stereocenters. The quantitative estimate of drug-likeness (QED) is 0.891. The molecule has 0 aromatic carbocycles. The smallest absolute Gasteiger partial charge is 0.207 e. The average Bonchev–Trinajstić information content (AvgIpc) is 2.95. The third-order valence-electron chi connectivity index (χ3n) is 2.97. The predicted molar refractivity (Wildman–Crippen MR) is 73.0 cm³/mol. The van der Waals surface area contributed by atoms with E-state index in [-0.39, 0.29) is 12.1 Å². The number of nitrogens with two attached hydrogens (primary N) is 1. The zero-order chi connectivity index (χ0) is 13.1. The highest BCUT2D eigenvalue weighted by Crippen LogP contribution is 2.35. The van der Waals surface area contributed by atoms with Crippen molar-refractivity contribution < 1.29 is 9.57 Å². The lowest BCUT2D eigenvalue weighted by Crippen LogP contribution is -2.35. The first-order chi connectivity index (χ1) is 8.65. The third kappa shape index (κ3) is 2.68. The van der Waals surface area contributed by atoms with Crippen molar-refractivity contribution in [3.63, 3.8) is 0 Å². The van der Waals surface area contributed by atoms with Crippen LogP contribution in [0.2, 0.25) is 0 Å². The molecular weight excluding hydrogens is 248 g/mol. The summed E-state index contributed by atoms with van der Waals surface area (Å²) in [6, 6.07) is 4.57. The highest BCUT2D eigenvalue weighted by molar-refractivity contribution is 7.12. The minimum Gasteiger partial charge on any atom is -0.387 e. The van der Waals surface area contributed by atoms with Crippen LogP contribution in [0.5, 0.6) is 0 Å². The first-order valence-corrected chi connectivity index (χ1v) is 6.98. The Morgan fingerprint density at radius 3 is 2.94 bits per heavy atom. The Kier molecular flexibility index (Phi) is 4.27. The van der Waals surface area contributed by atoms with Crippen molar-refractivity contribution >= 4 is 11.3 Å². The molecule has 0 saturated carbocycles. The van der Waals surface area contributed by atoms with Gasteiger partial charge in [-0.05, 0) is 25.5 Å². The van der Waals surface area contributed by atoms with Crippen molar-refractivity contribution in [3.05, 3.63) is 33.8 Å². The summed E-state index contributed by atoms with van der Waals surface area (Å²) >= 11 is 1.81. The summed E-state index contributed by atoms with van der Waals surface area (Å²) in [5.41, 5.74) is 5.79. The molecule has 4 nitrogen and oxygen atoms in total. The second-order valence-electron chi connectivity index (χ2n) is 4.43. The van der Waals surface area contributed by atoms with Gasteiger partial charge in [-0.25, -0.2) is 0 Å². The van der Waals surface area contributed by atoms with Crippen molar-refractivity contribution in [2.24, 2.45) is 5.73 Å². The number of hydrogen-bond acceptors (Lipinski definition) is 5. The van der Waals surface area contributed by atoms with E-state index >= 15 is 0 Å². The van der Waals surface area contributed by atoms with Crippen molar-refractivity contribution in [2.45, 2.75) is 32.4 Å². The summed E-state index contributed by atoms with van der Waals surface area (Å²) in [5, 5.41) is 1.91. The van der Waals surface area contributed by atoms with Gasteiger partial charge in [0.05, 0.1) is 12.6 Å². The summed E-state index contributed by atoms with van der Waals surface area (Å²) in [6.07, 6.45) is 3.02. The zero-order valence-corrected chi connectivity index (χ0v) is 11.9. The fourth-order valence-corrected chi connectivity index (χ4v) is 3.08. The maximum absolute atomic E-state index is 5.79. The fraction of sp³-hybridized carbons (Fsp3) is 0.538. The van der Waals surface area contributed by atoms with E-state index in [0.717, 1.165) is 6.42 Å². The molecular formula is C13H20N2O2S. The van der Waals surface area contributed by atoms with Crippen LogP contribution in [0.3, 0.4) is 0 Å². The molecule has 2 N–H and O–H groups in total. The molecule has 2 rings (SSSR count). The summed E-state index contributed by atoms with van der Waals surface area (Å²) in [7, 11) is 1.69. The molecule has 0 saturated heterocycles. The van der Waals surface area contributed by atoms with Crippen LogP contribution in [-0.4, -0.2) is 24.8 Å². The molecule has 1 aromatic heterocycles. The van der Waals surface area contributed by atoms with Gasteiger partial charge in [-0.1, -0.05) is 6.92 Å². The van der Waals surface area contributed by atoms with E-state index in [4.69, 9.17) is 15.3 Å². The highest BCUT2D eigenvalue weighted by Gasteiger charge is 2.32. The molecule has 0 fully saturated rings. The molecule has 1 aliphatic heterocycles. The van der Waals surface area contributed by atoms with E-state index in [1.54, 1.807) is 7.11 Å². The van der Waals surface area contributed by atoms with Crippen molar-refractivity contribution in [2.75, 3.05) is 13.7 Å². The van der Waals surface area contributed by atoms with Gasteiger partial charge in [0, 0.05) is 22.9 Å². The van der Waals surface area contributed by atoms with E-state index in [1.807, 2.05) is 22.5 Å². The molecule has 0 amide bonds. The Hall–Kier alpha value is -1.04. The van der Waals surface area contributed by atoms with Crippen molar-refractivity contribution in [1.29, 1.82) is 0 Å². The first-order valence-electron chi connectivity index (χ1n) is 6.16. The number of thiophene rings is 1. The molecule has 2 unspecified atom stereocenters. The van der Waals surface area contributed by atoms with Gasteiger partial charge >= 0.3 is 0 Å². The predicted octanol–water partition coefficient (Wildman–Crippen LogP) is 2.43. The van der Waals surface area contributed by atoms with Crippen LogP contribution in [-0.2, 0) is 16.0 Å². The lowest BCUT2D eigenvalue weighted by atomic mass is 10.2. The average molecular weight is 268 g/mol. The van der Waals surface area contributed by atoms with E-state index in [1.165, 1.54) is 9.75 Å². The molecule has 5 heteroatoms. The lowest BCUT2D eigenvalue weighted by Gasteiger charge is -2.27. The standard InChI is InChI=1S/C13H20N2O2S/c1-4-10-5-6-12(18-10)11-7-13(14)17-15(11)9(2)8-16-3/h5-7,9,11H,4,8,14H2,1-3H3.